The minimum atomic E-state index is -0.614. The second-order valence-electron chi connectivity index (χ2n) is 2.83. The number of rotatable bonds is 2. The van der Waals surface area contributed by atoms with E-state index in [-0.39, 0.29) is 12.1 Å². The zero-order valence-corrected chi connectivity index (χ0v) is 8.69. The summed E-state index contributed by atoms with van der Waals surface area (Å²) in [6.45, 7) is 0. The summed E-state index contributed by atoms with van der Waals surface area (Å²) in [6, 6.07) is 4.74. The van der Waals surface area contributed by atoms with E-state index in [1.807, 2.05) is 0 Å². The van der Waals surface area contributed by atoms with Crippen LogP contribution < -0.4 is 5.73 Å². The second kappa shape index (κ2) is 5.51. The number of nitrogens with zero attached hydrogens (tertiary/aromatic N) is 1. The normalized spacial score (nSPS) is 8.81. The van der Waals surface area contributed by atoms with Crippen molar-refractivity contribution in [1.29, 1.82) is 0 Å². The van der Waals surface area contributed by atoms with Gasteiger partial charge in [-0.05, 0) is 18.1 Å². The predicted molar refractivity (Wildman–Crippen MR) is 56.3 cm³/mol. The average Bonchev–Trinajstić information content (AvgIpc) is 2.29. The van der Waals surface area contributed by atoms with Crippen LogP contribution in [0.5, 0.6) is 0 Å². The summed E-state index contributed by atoms with van der Waals surface area (Å²) in [5, 5.41) is 0. The Labute approximate surface area is 92.6 Å². The van der Waals surface area contributed by atoms with Crippen molar-refractivity contribution in [3.05, 3.63) is 29.6 Å². The molecule has 1 heterocycles. The smallest absolute Gasteiger partial charge is 0.317 e. The predicted octanol–water partition coefficient (Wildman–Crippen LogP) is 0.0951. The molecule has 1 aromatic rings. The maximum atomic E-state index is 10.8. The number of hydrogen-bond donors (Lipinski definition) is 1. The van der Waals surface area contributed by atoms with Crippen molar-refractivity contribution >= 4 is 11.9 Å². The molecule has 82 valence electrons. The first kappa shape index (κ1) is 11.7. The van der Waals surface area contributed by atoms with E-state index in [0.29, 0.717) is 5.69 Å². The fourth-order valence-corrected chi connectivity index (χ4v) is 0.921. The molecular weight excluding hydrogens is 208 g/mol. The van der Waals surface area contributed by atoms with Gasteiger partial charge < -0.3 is 10.5 Å². The van der Waals surface area contributed by atoms with Crippen molar-refractivity contribution in [2.45, 2.75) is 6.42 Å². The number of carbonyl (C=O) groups is 2. The third-order valence-electron chi connectivity index (χ3n) is 1.68. The number of pyridine rings is 1. The molecule has 0 aliphatic heterocycles. The molecule has 0 saturated carbocycles. The highest BCUT2D eigenvalue weighted by Gasteiger charge is 2.01. The molecule has 1 amide bonds. The lowest BCUT2D eigenvalue weighted by Gasteiger charge is -1.94. The number of nitrogens with two attached hydrogens (primary N) is 1. The summed E-state index contributed by atoms with van der Waals surface area (Å²) in [5.41, 5.74) is 5.59. The molecule has 2 N–H and O–H groups in total. The Morgan fingerprint density at radius 1 is 1.50 bits per heavy atom. The van der Waals surface area contributed by atoms with Crippen molar-refractivity contribution in [3.63, 3.8) is 0 Å². The van der Waals surface area contributed by atoms with E-state index in [1.165, 1.54) is 13.2 Å². The quantitative estimate of drug-likeness (QED) is 0.563. The maximum Gasteiger partial charge on any atom is 0.317 e. The highest BCUT2D eigenvalue weighted by molar-refractivity contribution is 5.90. The summed E-state index contributed by atoms with van der Waals surface area (Å²) >= 11 is 0. The average molecular weight is 218 g/mol. The number of amides is 1. The van der Waals surface area contributed by atoms with Gasteiger partial charge in [0.15, 0.2) is 0 Å². The van der Waals surface area contributed by atoms with Gasteiger partial charge in [-0.1, -0.05) is 12.0 Å². The van der Waals surface area contributed by atoms with Crippen molar-refractivity contribution in [1.82, 2.24) is 4.98 Å². The second-order valence-corrected chi connectivity index (χ2v) is 2.83. The van der Waals surface area contributed by atoms with Crippen LogP contribution >= 0.6 is 0 Å². The summed E-state index contributed by atoms with van der Waals surface area (Å²) in [4.78, 5) is 25.5. The Hall–Kier alpha value is -2.35. The van der Waals surface area contributed by atoms with Gasteiger partial charge in [0.25, 0.3) is 5.91 Å². The van der Waals surface area contributed by atoms with Gasteiger partial charge in [0.05, 0.1) is 7.11 Å². The molecule has 0 fully saturated rings. The van der Waals surface area contributed by atoms with E-state index in [2.05, 4.69) is 21.6 Å². The van der Waals surface area contributed by atoms with Gasteiger partial charge in [0.1, 0.15) is 17.8 Å². The summed E-state index contributed by atoms with van der Waals surface area (Å²) in [6.07, 6.45) is -0.0149. The van der Waals surface area contributed by atoms with Crippen molar-refractivity contribution in [2.24, 2.45) is 5.73 Å². The summed E-state index contributed by atoms with van der Waals surface area (Å²) < 4.78 is 4.41. The van der Waals surface area contributed by atoms with Gasteiger partial charge >= 0.3 is 5.97 Å². The third kappa shape index (κ3) is 3.42. The SMILES string of the molecule is COC(=O)CC#Cc1cccc(C(N)=O)n1. The first-order chi connectivity index (χ1) is 7.63. The molecule has 0 atom stereocenters. The van der Waals surface area contributed by atoms with Crippen molar-refractivity contribution in [3.8, 4) is 11.8 Å². The first-order valence-corrected chi connectivity index (χ1v) is 4.46. The number of hydrogen-bond acceptors (Lipinski definition) is 4. The van der Waals surface area contributed by atoms with Crippen LogP contribution in [0.4, 0.5) is 0 Å². The Morgan fingerprint density at radius 2 is 2.25 bits per heavy atom. The van der Waals surface area contributed by atoms with E-state index in [9.17, 15) is 9.59 Å². The van der Waals surface area contributed by atoms with Crippen LogP contribution in [-0.2, 0) is 9.53 Å². The Kier molecular flexibility index (Phi) is 4.04. The van der Waals surface area contributed by atoms with Gasteiger partial charge in [-0.25, -0.2) is 4.98 Å². The van der Waals surface area contributed by atoms with Crippen LogP contribution in [0.15, 0.2) is 18.2 Å². The topological polar surface area (TPSA) is 82.3 Å². The first-order valence-electron chi connectivity index (χ1n) is 4.46. The third-order valence-corrected chi connectivity index (χ3v) is 1.68. The number of ether oxygens (including phenoxy) is 1. The molecular formula is C11H10N2O3. The highest BCUT2D eigenvalue weighted by atomic mass is 16.5. The Balaban J connectivity index is 2.77. The largest absolute Gasteiger partial charge is 0.468 e. The lowest BCUT2D eigenvalue weighted by atomic mass is 10.3. The molecule has 0 aromatic carbocycles. The Bertz CT molecular complexity index is 472. The molecule has 5 nitrogen and oxygen atoms in total. The van der Waals surface area contributed by atoms with Crippen molar-refractivity contribution < 1.29 is 14.3 Å². The molecule has 0 aliphatic rings. The van der Waals surface area contributed by atoms with Crippen LogP contribution in [0.3, 0.4) is 0 Å². The van der Waals surface area contributed by atoms with Gasteiger partial charge in [-0.3, -0.25) is 9.59 Å². The lowest BCUT2D eigenvalue weighted by Crippen LogP contribution is -2.13. The minimum absolute atomic E-state index is 0.0149. The van der Waals surface area contributed by atoms with Gasteiger partial charge in [0, 0.05) is 0 Å². The van der Waals surface area contributed by atoms with Crippen LogP contribution in [0.1, 0.15) is 22.6 Å². The standard InChI is InChI=1S/C11H10N2O3/c1-16-10(14)7-3-5-8-4-2-6-9(13-8)11(12)15/h2,4,6H,7H2,1H3,(H2,12,15). The molecule has 1 rings (SSSR count). The van der Waals surface area contributed by atoms with Gasteiger partial charge in [-0.2, -0.15) is 0 Å². The summed E-state index contributed by atoms with van der Waals surface area (Å²) in [5.74, 6) is 4.18. The summed E-state index contributed by atoms with van der Waals surface area (Å²) in [7, 11) is 1.29. The molecule has 1 aromatic heterocycles. The van der Waals surface area contributed by atoms with E-state index in [4.69, 9.17) is 5.73 Å². The van der Waals surface area contributed by atoms with E-state index < -0.39 is 11.9 Å². The Morgan fingerprint density at radius 3 is 2.88 bits per heavy atom. The number of esters is 1. The van der Waals surface area contributed by atoms with Gasteiger partial charge in [0.2, 0.25) is 0 Å². The fraction of sp³-hybridized carbons (Fsp3) is 0.182. The molecule has 0 spiro atoms. The molecule has 0 radical (unpaired) electrons. The van der Waals surface area contributed by atoms with E-state index in [0.717, 1.165) is 0 Å². The minimum Gasteiger partial charge on any atom is -0.468 e. The van der Waals surface area contributed by atoms with Gasteiger partial charge in [-0.15, -0.1) is 0 Å². The zero-order valence-electron chi connectivity index (χ0n) is 8.69. The number of primary amides is 1. The van der Waals surface area contributed by atoms with Crippen LogP contribution in [0.25, 0.3) is 0 Å². The number of aromatic nitrogens is 1. The van der Waals surface area contributed by atoms with E-state index in [1.54, 1.807) is 12.1 Å². The highest BCUT2D eigenvalue weighted by Crippen LogP contribution is 1.97. The maximum absolute atomic E-state index is 10.8. The number of carbonyl (C=O) groups excluding carboxylic acids is 2. The zero-order chi connectivity index (χ0) is 12.0. The fourth-order valence-electron chi connectivity index (χ4n) is 0.921. The van der Waals surface area contributed by atoms with Crippen LogP contribution in [-0.4, -0.2) is 24.0 Å². The molecule has 0 unspecified atom stereocenters. The van der Waals surface area contributed by atoms with Crippen LogP contribution in [0, 0.1) is 11.8 Å². The lowest BCUT2D eigenvalue weighted by molar-refractivity contribution is -0.139. The molecule has 0 aliphatic carbocycles. The van der Waals surface area contributed by atoms with Crippen molar-refractivity contribution in [2.75, 3.05) is 7.11 Å². The molecule has 16 heavy (non-hydrogen) atoms. The molecule has 0 bridgehead atoms. The monoisotopic (exact) mass is 218 g/mol. The molecule has 5 heteroatoms. The number of methoxy groups -OCH3 is 1. The van der Waals surface area contributed by atoms with Crippen LogP contribution in [0.2, 0.25) is 0 Å². The van der Waals surface area contributed by atoms with E-state index >= 15 is 0 Å². The molecule has 0 saturated heterocycles.